The fourth-order valence-electron chi connectivity index (χ4n) is 3.50. The molecule has 0 aliphatic heterocycles. The lowest BCUT2D eigenvalue weighted by Gasteiger charge is -2.26. The minimum Gasteiger partial charge on any atom is -0.495 e. The Kier molecular flexibility index (Phi) is 3.35. The molecule has 2 aliphatic rings. The lowest BCUT2D eigenvalue weighted by atomic mass is 9.83. The second-order valence-electron chi connectivity index (χ2n) is 5.75. The number of carbonyl (C=O) groups excluding carboxylic acids is 1. The van der Waals surface area contributed by atoms with Gasteiger partial charge in [0.05, 0.1) is 12.1 Å². The van der Waals surface area contributed by atoms with E-state index in [1.54, 1.807) is 13.2 Å². The monoisotopic (exact) mass is 291 g/mol. The molecule has 20 heavy (non-hydrogen) atoms. The maximum Gasteiger partial charge on any atom is 0.235 e. The first kappa shape index (κ1) is 13.7. The Bertz CT molecular complexity index is 614. The van der Waals surface area contributed by atoms with Crippen LogP contribution in [0.5, 0.6) is 5.75 Å². The summed E-state index contributed by atoms with van der Waals surface area (Å²) in [5.74, 6) is 0.710. The van der Waals surface area contributed by atoms with Gasteiger partial charge in [-0.15, -0.1) is 0 Å². The minimum absolute atomic E-state index is 0.437. The van der Waals surface area contributed by atoms with Crippen molar-refractivity contribution in [1.82, 2.24) is 0 Å². The maximum absolute atomic E-state index is 10.8. The highest BCUT2D eigenvalue weighted by atomic mass is 35.5. The lowest BCUT2D eigenvalue weighted by Crippen LogP contribution is -2.15. The molecule has 0 heterocycles. The Morgan fingerprint density at radius 2 is 1.90 bits per heavy atom. The van der Waals surface area contributed by atoms with Gasteiger partial charge in [0.15, 0.2) is 0 Å². The second kappa shape index (κ2) is 4.91. The van der Waals surface area contributed by atoms with E-state index in [1.807, 2.05) is 0 Å². The van der Waals surface area contributed by atoms with Crippen molar-refractivity contribution >= 4 is 17.7 Å². The summed E-state index contributed by atoms with van der Waals surface area (Å²) in [4.78, 5) is 14.8. The third-order valence-electron chi connectivity index (χ3n) is 4.64. The molecule has 3 nitrogen and oxygen atoms in total. The number of hydrogen-bond donors (Lipinski definition) is 0. The molecule has 3 rings (SSSR count). The van der Waals surface area contributed by atoms with E-state index in [0.29, 0.717) is 5.75 Å². The van der Waals surface area contributed by atoms with Gasteiger partial charge < -0.3 is 4.74 Å². The first-order chi connectivity index (χ1) is 9.64. The summed E-state index contributed by atoms with van der Waals surface area (Å²) in [7, 11) is 1.64. The van der Waals surface area contributed by atoms with Gasteiger partial charge in [0.2, 0.25) is 6.08 Å². The number of halogens is 1. The largest absolute Gasteiger partial charge is 0.495 e. The standard InChI is InChI=1S/C16H18ClNO2/c1-10-11-5-3-4-6-12(11)14(17)15(20-2)13(10)16(7-8-16)18-9-19/h3-8H2,1-2H3. The van der Waals surface area contributed by atoms with Crippen LogP contribution in [0.1, 0.15) is 47.9 Å². The van der Waals surface area contributed by atoms with Gasteiger partial charge in [-0.25, -0.2) is 4.79 Å². The van der Waals surface area contributed by atoms with Crippen LogP contribution in [0, 0.1) is 6.92 Å². The highest BCUT2D eigenvalue weighted by Gasteiger charge is 2.49. The third-order valence-corrected chi connectivity index (χ3v) is 5.04. The van der Waals surface area contributed by atoms with E-state index in [0.717, 1.165) is 36.3 Å². The molecular weight excluding hydrogens is 274 g/mol. The van der Waals surface area contributed by atoms with Crippen LogP contribution in [0.2, 0.25) is 5.02 Å². The number of rotatable bonds is 3. The van der Waals surface area contributed by atoms with Gasteiger partial charge in [0.1, 0.15) is 11.3 Å². The van der Waals surface area contributed by atoms with Gasteiger partial charge in [0, 0.05) is 5.56 Å². The van der Waals surface area contributed by atoms with Gasteiger partial charge in [-0.05, 0) is 62.1 Å². The van der Waals surface area contributed by atoms with Gasteiger partial charge in [-0.2, -0.15) is 4.99 Å². The SMILES string of the molecule is COc1c(Cl)c2c(c(C)c1C1(N=C=O)CC1)CCCC2. The van der Waals surface area contributed by atoms with Crippen molar-refractivity contribution in [3.63, 3.8) is 0 Å². The Labute approximate surface area is 124 Å². The molecule has 0 N–H and O–H groups in total. The molecule has 106 valence electrons. The molecule has 2 aliphatic carbocycles. The van der Waals surface area contributed by atoms with E-state index in [2.05, 4.69) is 11.9 Å². The van der Waals surface area contributed by atoms with Crippen molar-refractivity contribution in [3.05, 3.63) is 27.3 Å². The quantitative estimate of drug-likeness (QED) is 0.626. The summed E-state index contributed by atoms with van der Waals surface area (Å²) in [6.45, 7) is 2.11. The second-order valence-corrected chi connectivity index (χ2v) is 6.12. The van der Waals surface area contributed by atoms with E-state index in [4.69, 9.17) is 16.3 Å². The molecule has 4 heteroatoms. The van der Waals surface area contributed by atoms with Crippen LogP contribution in [-0.2, 0) is 23.2 Å². The predicted octanol–water partition coefficient (Wildman–Crippen LogP) is 3.86. The van der Waals surface area contributed by atoms with Gasteiger partial charge in [0.25, 0.3) is 0 Å². The summed E-state index contributed by atoms with van der Waals surface area (Å²) in [5.41, 5.74) is 4.34. The van der Waals surface area contributed by atoms with Crippen molar-refractivity contribution in [1.29, 1.82) is 0 Å². The Morgan fingerprint density at radius 3 is 2.45 bits per heavy atom. The van der Waals surface area contributed by atoms with Crippen LogP contribution in [0.15, 0.2) is 4.99 Å². The highest BCUT2D eigenvalue weighted by Crippen LogP contribution is 2.56. The zero-order valence-electron chi connectivity index (χ0n) is 11.9. The van der Waals surface area contributed by atoms with Crippen molar-refractivity contribution in [3.8, 4) is 5.75 Å². The molecule has 0 amide bonds. The molecule has 1 saturated carbocycles. The van der Waals surface area contributed by atoms with E-state index in [1.165, 1.54) is 29.5 Å². The van der Waals surface area contributed by atoms with Gasteiger partial charge in [-0.1, -0.05) is 11.6 Å². The van der Waals surface area contributed by atoms with Crippen LogP contribution < -0.4 is 4.74 Å². The van der Waals surface area contributed by atoms with Crippen LogP contribution in [0.25, 0.3) is 0 Å². The molecule has 0 spiro atoms. The van der Waals surface area contributed by atoms with E-state index in [-0.39, 0.29) is 0 Å². The van der Waals surface area contributed by atoms with Gasteiger partial charge >= 0.3 is 0 Å². The zero-order valence-corrected chi connectivity index (χ0v) is 12.6. The van der Waals surface area contributed by atoms with Crippen LogP contribution in [-0.4, -0.2) is 13.2 Å². The molecule has 1 aromatic carbocycles. The smallest absolute Gasteiger partial charge is 0.235 e. The first-order valence-corrected chi connectivity index (χ1v) is 7.49. The summed E-state index contributed by atoms with van der Waals surface area (Å²) in [6, 6.07) is 0. The molecule has 0 radical (unpaired) electrons. The zero-order chi connectivity index (χ0) is 14.3. The number of benzene rings is 1. The lowest BCUT2D eigenvalue weighted by molar-refractivity contribution is 0.402. The Hall–Kier alpha value is -1.31. The Morgan fingerprint density at radius 1 is 1.25 bits per heavy atom. The number of isocyanates is 1. The molecular formula is C16H18ClNO2. The number of fused-ring (bicyclic) bond motifs is 1. The summed E-state index contributed by atoms with van der Waals surface area (Å²) in [6.07, 6.45) is 7.89. The van der Waals surface area contributed by atoms with Crippen LogP contribution in [0.4, 0.5) is 0 Å². The number of methoxy groups -OCH3 is 1. The van der Waals surface area contributed by atoms with E-state index < -0.39 is 5.54 Å². The third kappa shape index (κ3) is 1.88. The highest BCUT2D eigenvalue weighted by molar-refractivity contribution is 6.33. The molecule has 0 aromatic heterocycles. The minimum atomic E-state index is -0.437. The first-order valence-electron chi connectivity index (χ1n) is 7.12. The van der Waals surface area contributed by atoms with Crippen molar-refractivity contribution in [2.45, 2.75) is 51.0 Å². The van der Waals surface area contributed by atoms with E-state index >= 15 is 0 Å². The number of hydrogen-bond acceptors (Lipinski definition) is 3. The molecule has 0 atom stereocenters. The van der Waals surface area contributed by atoms with Crippen molar-refractivity contribution in [2.75, 3.05) is 7.11 Å². The molecule has 0 unspecified atom stereocenters. The average molecular weight is 292 g/mol. The fraction of sp³-hybridized carbons (Fsp3) is 0.562. The Balaban J connectivity index is 2.28. The molecule has 0 bridgehead atoms. The number of aliphatic imine (C=N–C) groups is 1. The fourth-order valence-corrected chi connectivity index (χ4v) is 3.89. The van der Waals surface area contributed by atoms with Crippen molar-refractivity contribution in [2.24, 2.45) is 4.99 Å². The van der Waals surface area contributed by atoms with E-state index in [9.17, 15) is 4.79 Å². The molecule has 1 fully saturated rings. The maximum atomic E-state index is 10.8. The average Bonchev–Trinajstić information content (AvgIpc) is 3.23. The normalized spacial score (nSPS) is 18.9. The van der Waals surface area contributed by atoms with Gasteiger partial charge in [-0.3, -0.25) is 0 Å². The van der Waals surface area contributed by atoms with Crippen LogP contribution >= 0.6 is 11.6 Å². The molecule has 0 saturated heterocycles. The summed E-state index contributed by atoms with van der Waals surface area (Å²) < 4.78 is 5.57. The number of ether oxygens (including phenoxy) is 1. The van der Waals surface area contributed by atoms with Crippen molar-refractivity contribution < 1.29 is 9.53 Å². The number of nitrogens with zero attached hydrogens (tertiary/aromatic N) is 1. The summed E-state index contributed by atoms with van der Waals surface area (Å²) >= 11 is 6.57. The van der Waals surface area contributed by atoms with Crippen LogP contribution in [0.3, 0.4) is 0 Å². The molecule has 1 aromatic rings. The summed E-state index contributed by atoms with van der Waals surface area (Å²) in [5, 5.41) is 0.718. The predicted molar refractivity (Wildman–Crippen MR) is 78.4 cm³/mol. The topological polar surface area (TPSA) is 38.7 Å².